The Bertz CT molecular complexity index is 3130. The molecule has 0 aliphatic heterocycles. The molecule has 0 saturated heterocycles. The van der Waals surface area contributed by atoms with Crippen molar-refractivity contribution in [3.05, 3.63) is 167 Å². The van der Waals surface area contributed by atoms with E-state index in [0.29, 0.717) is 23.2 Å². The molecule has 2 heterocycles. The summed E-state index contributed by atoms with van der Waals surface area (Å²) in [5.74, 6) is 1.78. The summed E-state index contributed by atoms with van der Waals surface area (Å²) in [6, 6.07) is 48.2. The van der Waals surface area contributed by atoms with Gasteiger partial charge in [0.1, 0.15) is 11.6 Å². The molecule has 0 fully saturated rings. The molecule has 8 rings (SSSR count). The smallest absolute Gasteiger partial charge is 0.148 e. The summed E-state index contributed by atoms with van der Waals surface area (Å²) in [7, 11) is 0. The van der Waals surface area contributed by atoms with E-state index in [2.05, 4.69) is 243 Å². The number of hydrogen-bond donors (Lipinski definition) is 1. The maximum Gasteiger partial charge on any atom is 0.148 e. The number of fused-ring (bicyclic) bond motifs is 1. The summed E-state index contributed by atoms with van der Waals surface area (Å²) in [6.45, 7) is 35.9. The zero-order valence-electron chi connectivity index (χ0n) is 43.9. The van der Waals surface area contributed by atoms with Crippen molar-refractivity contribution in [2.75, 3.05) is 0 Å². The Balaban J connectivity index is 0.00000703. The molecule has 0 atom stereocenters. The summed E-state index contributed by atoms with van der Waals surface area (Å²) in [6.07, 6.45) is 1.94. The summed E-state index contributed by atoms with van der Waals surface area (Å²) >= 11 is 0. The summed E-state index contributed by atoms with van der Waals surface area (Å²) in [5.41, 5.74) is 18.1. The quantitative estimate of drug-likeness (QED) is 0.154. The van der Waals surface area contributed by atoms with Gasteiger partial charge in [-0.3, -0.25) is 9.55 Å². The van der Waals surface area contributed by atoms with Crippen LogP contribution in [0.3, 0.4) is 0 Å². The van der Waals surface area contributed by atoms with Gasteiger partial charge in [-0.05, 0) is 103 Å². The van der Waals surface area contributed by atoms with Crippen molar-refractivity contribution in [2.45, 2.75) is 144 Å². The van der Waals surface area contributed by atoms with Crippen molar-refractivity contribution < 1.29 is 26.2 Å². The summed E-state index contributed by atoms with van der Waals surface area (Å²) in [5, 5.41) is 12.6. The van der Waals surface area contributed by atoms with E-state index in [4.69, 9.17) is 9.97 Å². The normalized spacial score (nSPS) is 12.6. The molecule has 0 bridgehead atoms. The second kappa shape index (κ2) is 19.0. The van der Waals surface area contributed by atoms with E-state index in [9.17, 15) is 5.11 Å². The molecular weight excluding hydrogens is 1020 g/mol. The van der Waals surface area contributed by atoms with E-state index in [-0.39, 0.29) is 48.5 Å². The molecule has 0 aliphatic carbocycles. The molecule has 2 aromatic heterocycles. The molecule has 8 aromatic rings. The van der Waals surface area contributed by atoms with Crippen molar-refractivity contribution in [1.29, 1.82) is 0 Å². The fourth-order valence-electron chi connectivity index (χ4n) is 9.15. The van der Waals surface area contributed by atoms with Crippen LogP contribution in [0.5, 0.6) is 5.75 Å². The fraction of sp³-hybridized carbons (Fsp3) is 0.344. The molecule has 6 aromatic carbocycles. The van der Waals surface area contributed by atoms with Gasteiger partial charge in [0.25, 0.3) is 0 Å². The molecule has 1 N–H and O–H groups in total. The number of aromatic hydroxyl groups is 1. The Labute approximate surface area is 428 Å². The van der Waals surface area contributed by atoms with E-state index in [0.717, 1.165) is 66.9 Å². The third-order valence-corrected chi connectivity index (χ3v) is 13.6. The maximum atomic E-state index is 12.6. The van der Waals surface area contributed by atoms with Crippen LogP contribution >= 0.6 is 0 Å². The number of phenolic OH excluding ortho intramolecular Hbond substituents is 1. The van der Waals surface area contributed by atoms with Gasteiger partial charge in [-0.1, -0.05) is 201 Å². The minimum absolute atomic E-state index is 0. The van der Waals surface area contributed by atoms with Gasteiger partial charge in [0.05, 0.1) is 22.3 Å². The number of imidazole rings is 1. The Morgan fingerprint density at radius 2 is 1.10 bits per heavy atom. The van der Waals surface area contributed by atoms with Gasteiger partial charge >= 0.3 is 0 Å². The Kier molecular flexibility index (Phi) is 14.1. The van der Waals surface area contributed by atoms with Crippen LogP contribution in [0.25, 0.3) is 72.7 Å². The number of benzene rings is 6. The monoisotopic (exact) mass is 1090 g/mol. The molecule has 0 spiro atoms. The Morgan fingerprint density at radius 3 is 1.70 bits per heavy atom. The predicted molar refractivity (Wildman–Crippen MR) is 290 cm³/mol. The number of pyridine rings is 1. The molecule has 5 heteroatoms. The van der Waals surface area contributed by atoms with Crippen LogP contribution in [0.4, 0.5) is 0 Å². The fourth-order valence-corrected chi connectivity index (χ4v) is 9.15. The van der Waals surface area contributed by atoms with E-state index in [1.807, 2.05) is 6.20 Å². The van der Waals surface area contributed by atoms with Gasteiger partial charge in [-0.25, -0.2) is 4.98 Å². The molecule has 360 valence electrons. The number of aromatic nitrogens is 3. The molecule has 0 amide bonds. The number of para-hydroxylation sites is 1. The van der Waals surface area contributed by atoms with Crippen LogP contribution in [0.2, 0.25) is 0 Å². The largest absolute Gasteiger partial charge is 0.507 e. The van der Waals surface area contributed by atoms with Crippen molar-refractivity contribution in [1.82, 2.24) is 14.5 Å². The molecular formula is C64H72N3OPt-. The number of rotatable bonds is 8. The molecule has 0 radical (unpaired) electrons. The molecule has 4 nitrogen and oxygen atoms in total. The van der Waals surface area contributed by atoms with E-state index >= 15 is 0 Å². The van der Waals surface area contributed by atoms with Gasteiger partial charge in [0, 0.05) is 44.1 Å². The third kappa shape index (κ3) is 10.5. The van der Waals surface area contributed by atoms with Gasteiger partial charge in [-0.2, -0.15) is 0 Å². The van der Waals surface area contributed by atoms with E-state index < -0.39 is 0 Å². The Morgan fingerprint density at radius 1 is 0.507 bits per heavy atom. The standard InChI is InChI=1S/C64H72N3O.Pt/c1-39(2)43-29-44(40(3)4)31-45(30-43)42-27-28-65-55(35-42)47-32-46(33-49(34-47)62(8,9)10)51-23-20-24-57-58(51)66-60(53-37-50(63(11,12)13)38-54(59(53)68)64(14,15)16)67(57)56-26-25-48(61(5,6)7)36-52(56)41-21-18-17-19-22-41;/h17-31,33-40,68H,1-16H3;/q-1;. The Hall–Kier alpha value is -5.57. The average Bonchev–Trinajstić information content (AvgIpc) is 3.67. The molecule has 69 heavy (non-hydrogen) atoms. The zero-order chi connectivity index (χ0) is 49.2. The first kappa shape index (κ1) is 51.3. The SMILES string of the molecule is CC(C)c1cc(-c2ccnc(-c3[c-]c(-c4cccc5c4nc(-c4cc(C(C)(C)C)cc(C(C)(C)C)c4O)n5-c4ccc(C(C)(C)C)cc4-c4ccccc4)cc(C(C)(C)C)c3)c2)cc(C(C)C)c1.[Pt]. The topological polar surface area (TPSA) is 50.9 Å². The minimum atomic E-state index is -0.330. The second-order valence-electron chi connectivity index (χ2n) is 23.8. The van der Waals surface area contributed by atoms with Crippen molar-refractivity contribution >= 4 is 11.0 Å². The maximum absolute atomic E-state index is 12.6. The average molecular weight is 1090 g/mol. The van der Waals surface area contributed by atoms with Crippen LogP contribution in [0.15, 0.2) is 128 Å². The van der Waals surface area contributed by atoms with E-state index in [1.54, 1.807) is 0 Å². The van der Waals surface area contributed by atoms with Crippen LogP contribution < -0.4 is 0 Å². The van der Waals surface area contributed by atoms with Gasteiger partial charge in [-0.15, -0.1) is 29.3 Å². The summed E-state index contributed by atoms with van der Waals surface area (Å²) in [4.78, 5) is 10.7. The first-order valence-electron chi connectivity index (χ1n) is 24.6. The van der Waals surface area contributed by atoms with Crippen LogP contribution in [0.1, 0.15) is 156 Å². The number of phenols is 1. The zero-order valence-corrected chi connectivity index (χ0v) is 46.2. The van der Waals surface area contributed by atoms with Gasteiger partial charge in [0.2, 0.25) is 0 Å². The van der Waals surface area contributed by atoms with Crippen LogP contribution in [-0.2, 0) is 42.7 Å². The molecule has 0 saturated carbocycles. The van der Waals surface area contributed by atoms with Crippen molar-refractivity contribution in [3.8, 4) is 67.5 Å². The second-order valence-corrected chi connectivity index (χ2v) is 23.8. The predicted octanol–water partition coefficient (Wildman–Crippen LogP) is 17.7. The minimum Gasteiger partial charge on any atom is -0.507 e. The van der Waals surface area contributed by atoms with Crippen LogP contribution in [-0.4, -0.2) is 19.6 Å². The molecule has 0 aliphatic rings. The van der Waals surface area contributed by atoms with Gasteiger partial charge < -0.3 is 5.11 Å². The number of nitrogens with zero attached hydrogens (tertiary/aromatic N) is 3. The number of hydrogen-bond acceptors (Lipinski definition) is 3. The van der Waals surface area contributed by atoms with E-state index in [1.165, 1.54) is 27.8 Å². The van der Waals surface area contributed by atoms with Crippen LogP contribution in [0, 0.1) is 6.07 Å². The first-order valence-corrected chi connectivity index (χ1v) is 24.6. The third-order valence-electron chi connectivity index (χ3n) is 13.6. The van der Waals surface area contributed by atoms with Gasteiger partial charge in [0.15, 0.2) is 0 Å². The summed E-state index contributed by atoms with van der Waals surface area (Å²) < 4.78 is 2.29. The molecule has 0 unspecified atom stereocenters. The van der Waals surface area contributed by atoms with Crippen molar-refractivity contribution in [3.63, 3.8) is 0 Å². The van der Waals surface area contributed by atoms with Crippen molar-refractivity contribution in [2.24, 2.45) is 0 Å². The first-order chi connectivity index (χ1) is 31.8.